The van der Waals surface area contributed by atoms with Crippen molar-refractivity contribution < 1.29 is 0 Å². The minimum absolute atomic E-state index is 0.357. The topological polar surface area (TPSA) is 15.3 Å². The average Bonchev–Trinajstić information content (AvgIpc) is 2.91. The van der Waals surface area contributed by atoms with Crippen LogP contribution in [0.2, 0.25) is 0 Å². The zero-order valence-corrected chi connectivity index (χ0v) is 13.4. The molecule has 4 heteroatoms. The lowest BCUT2D eigenvalue weighted by molar-refractivity contribution is 0.326. The molecule has 0 fully saturated rings. The summed E-state index contributed by atoms with van der Waals surface area (Å²) in [6.45, 7) is 5.31. The quantitative estimate of drug-likeness (QED) is 0.787. The maximum Gasteiger partial charge on any atom is 0.173 e. The lowest BCUT2D eigenvalue weighted by Gasteiger charge is -2.35. The first kappa shape index (κ1) is 13.6. The maximum absolute atomic E-state index is 5.59. The molecule has 2 heterocycles. The molecule has 1 aromatic heterocycles. The fourth-order valence-corrected chi connectivity index (χ4v) is 3.95. The molecular weight excluding hydrogens is 284 g/mol. The van der Waals surface area contributed by atoms with Gasteiger partial charge >= 0.3 is 0 Å². The Morgan fingerprint density at radius 2 is 2.05 bits per heavy atom. The van der Waals surface area contributed by atoms with Crippen LogP contribution < -0.4 is 5.32 Å². The molecule has 0 unspecified atom stereocenters. The molecule has 0 saturated heterocycles. The van der Waals surface area contributed by atoms with Gasteiger partial charge in [0.1, 0.15) is 0 Å². The first-order valence-corrected chi connectivity index (χ1v) is 8.14. The van der Waals surface area contributed by atoms with Gasteiger partial charge in [0, 0.05) is 17.1 Å². The number of nitrogens with one attached hydrogen (secondary N) is 1. The molecule has 104 valence electrons. The molecule has 0 aliphatic carbocycles. The number of anilines is 1. The summed E-state index contributed by atoms with van der Waals surface area (Å²) < 4.78 is 0. The van der Waals surface area contributed by atoms with E-state index in [0.29, 0.717) is 6.04 Å². The average molecular weight is 302 g/mol. The standard InChI is InChI=1S/C16H18N2S2/c1-11-3-5-13(6-4-11)17-16(19)18-9-7-15-14(12(18)2)8-10-20-15/h3-6,8,10,12H,7,9H2,1-2H3,(H,17,19)/t12-/m0/s1. The van der Waals surface area contributed by atoms with Gasteiger partial charge in [-0.15, -0.1) is 11.3 Å². The third-order valence-corrected chi connectivity index (χ3v) is 5.17. The Kier molecular flexibility index (Phi) is 3.76. The summed E-state index contributed by atoms with van der Waals surface area (Å²) in [5.74, 6) is 0. The van der Waals surface area contributed by atoms with Gasteiger partial charge in [-0.3, -0.25) is 0 Å². The fraction of sp³-hybridized carbons (Fsp3) is 0.312. The van der Waals surface area contributed by atoms with Crippen molar-refractivity contribution in [3.05, 3.63) is 51.7 Å². The third-order valence-electron chi connectivity index (χ3n) is 3.84. The number of fused-ring (bicyclic) bond motifs is 1. The summed E-state index contributed by atoms with van der Waals surface area (Å²) in [4.78, 5) is 3.79. The summed E-state index contributed by atoms with van der Waals surface area (Å²) in [7, 11) is 0. The minimum atomic E-state index is 0.357. The van der Waals surface area contributed by atoms with E-state index in [-0.39, 0.29) is 0 Å². The molecule has 0 radical (unpaired) electrons. The zero-order chi connectivity index (χ0) is 14.1. The number of hydrogen-bond acceptors (Lipinski definition) is 2. The lowest BCUT2D eigenvalue weighted by atomic mass is 10.0. The number of hydrogen-bond donors (Lipinski definition) is 1. The van der Waals surface area contributed by atoms with Gasteiger partial charge in [-0.05, 0) is 61.6 Å². The first-order chi connectivity index (χ1) is 9.65. The van der Waals surface area contributed by atoms with E-state index in [2.05, 4.69) is 59.8 Å². The van der Waals surface area contributed by atoms with Crippen molar-refractivity contribution in [2.45, 2.75) is 26.3 Å². The highest BCUT2D eigenvalue weighted by atomic mass is 32.1. The van der Waals surface area contributed by atoms with E-state index in [1.54, 1.807) is 0 Å². The molecule has 1 atom stereocenters. The predicted octanol–water partition coefficient (Wildman–Crippen LogP) is 4.37. The van der Waals surface area contributed by atoms with E-state index < -0.39 is 0 Å². The molecule has 2 nitrogen and oxygen atoms in total. The number of rotatable bonds is 1. The summed E-state index contributed by atoms with van der Waals surface area (Å²) in [5.41, 5.74) is 3.74. The molecule has 1 aromatic carbocycles. The number of nitrogens with zero attached hydrogens (tertiary/aromatic N) is 1. The summed E-state index contributed by atoms with van der Waals surface area (Å²) in [5, 5.41) is 6.35. The molecule has 1 N–H and O–H groups in total. The van der Waals surface area contributed by atoms with E-state index in [0.717, 1.165) is 23.8 Å². The molecule has 0 amide bonds. The minimum Gasteiger partial charge on any atom is -0.342 e. The first-order valence-electron chi connectivity index (χ1n) is 6.85. The largest absolute Gasteiger partial charge is 0.342 e. The second-order valence-electron chi connectivity index (χ2n) is 5.21. The molecule has 0 bridgehead atoms. The second kappa shape index (κ2) is 5.54. The molecular formula is C16H18N2S2. The van der Waals surface area contributed by atoms with E-state index in [1.807, 2.05) is 11.3 Å². The molecule has 1 aliphatic rings. The highest BCUT2D eigenvalue weighted by Crippen LogP contribution is 2.33. The van der Waals surface area contributed by atoms with Crippen molar-refractivity contribution in [1.82, 2.24) is 4.90 Å². The summed E-state index contributed by atoms with van der Waals surface area (Å²) >= 11 is 7.45. The van der Waals surface area contributed by atoms with Gasteiger partial charge < -0.3 is 10.2 Å². The molecule has 0 saturated carbocycles. The Hall–Kier alpha value is -1.39. The van der Waals surface area contributed by atoms with Gasteiger partial charge in [-0.1, -0.05) is 17.7 Å². The van der Waals surface area contributed by atoms with Crippen LogP contribution in [0.5, 0.6) is 0 Å². The van der Waals surface area contributed by atoms with Gasteiger partial charge in [0.15, 0.2) is 5.11 Å². The number of benzene rings is 1. The Morgan fingerprint density at radius 1 is 1.30 bits per heavy atom. The third kappa shape index (κ3) is 2.58. The van der Waals surface area contributed by atoms with Crippen LogP contribution in [0.4, 0.5) is 5.69 Å². The van der Waals surface area contributed by atoms with Crippen LogP contribution >= 0.6 is 23.6 Å². The van der Waals surface area contributed by atoms with E-state index in [1.165, 1.54) is 16.0 Å². The van der Waals surface area contributed by atoms with Crippen LogP contribution in [0.1, 0.15) is 29.0 Å². The van der Waals surface area contributed by atoms with Crippen molar-refractivity contribution in [3.63, 3.8) is 0 Å². The summed E-state index contributed by atoms with van der Waals surface area (Å²) in [6, 6.07) is 10.9. The van der Waals surface area contributed by atoms with Crippen molar-refractivity contribution in [2.24, 2.45) is 0 Å². The van der Waals surface area contributed by atoms with Crippen LogP contribution in [-0.4, -0.2) is 16.6 Å². The van der Waals surface area contributed by atoms with E-state index in [9.17, 15) is 0 Å². The predicted molar refractivity (Wildman–Crippen MR) is 90.5 cm³/mol. The van der Waals surface area contributed by atoms with E-state index >= 15 is 0 Å². The maximum atomic E-state index is 5.59. The smallest absolute Gasteiger partial charge is 0.173 e. The van der Waals surface area contributed by atoms with Gasteiger partial charge in [-0.2, -0.15) is 0 Å². The van der Waals surface area contributed by atoms with Crippen molar-refractivity contribution in [1.29, 1.82) is 0 Å². The van der Waals surface area contributed by atoms with Crippen molar-refractivity contribution in [3.8, 4) is 0 Å². The van der Waals surface area contributed by atoms with Gasteiger partial charge in [0.05, 0.1) is 6.04 Å². The summed E-state index contributed by atoms with van der Waals surface area (Å²) in [6.07, 6.45) is 1.09. The molecule has 0 spiro atoms. The Bertz CT molecular complexity index is 616. The van der Waals surface area contributed by atoms with Gasteiger partial charge in [0.2, 0.25) is 0 Å². The molecule has 3 rings (SSSR count). The van der Waals surface area contributed by atoms with Gasteiger partial charge in [-0.25, -0.2) is 0 Å². The number of aryl methyl sites for hydroxylation is 1. The van der Waals surface area contributed by atoms with Crippen molar-refractivity contribution >= 4 is 34.4 Å². The van der Waals surface area contributed by atoms with Crippen LogP contribution in [0, 0.1) is 6.92 Å². The molecule has 20 heavy (non-hydrogen) atoms. The molecule has 1 aliphatic heterocycles. The number of thiophene rings is 1. The Morgan fingerprint density at radius 3 is 2.80 bits per heavy atom. The fourth-order valence-electron chi connectivity index (χ4n) is 2.62. The van der Waals surface area contributed by atoms with E-state index in [4.69, 9.17) is 12.2 Å². The SMILES string of the molecule is Cc1ccc(NC(=S)N2CCc3sccc3[C@@H]2C)cc1. The van der Waals surface area contributed by atoms with Crippen molar-refractivity contribution in [2.75, 3.05) is 11.9 Å². The monoisotopic (exact) mass is 302 g/mol. The number of thiocarbonyl (C=S) groups is 1. The van der Waals surface area contributed by atoms with Crippen LogP contribution in [0.3, 0.4) is 0 Å². The Labute approximate surface area is 129 Å². The Balaban J connectivity index is 1.73. The van der Waals surface area contributed by atoms with Crippen LogP contribution in [0.25, 0.3) is 0 Å². The highest BCUT2D eigenvalue weighted by Gasteiger charge is 2.26. The second-order valence-corrected chi connectivity index (χ2v) is 6.60. The highest BCUT2D eigenvalue weighted by molar-refractivity contribution is 7.80. The van der Waals surface area contributed by atoms with Crippen LogP contribution in [-0.2, 0) is 6.42 Å². The van der Waals surface area contributed by atoms with Gasteiger partial charge in [0.25, 0.3) is 0 Å². The molecule has 2 aromatic rings. The lowest BCUT2D eigenvalue weighted by Crippen LogP contribution is -2.40. The zero-order valence-electron chi connectivity index (χ0n) is 11.7. The normalized spacial score (nSPS) is 17.7. The van der Waals surface area contributed by atoms with Crippen LogP contribution in [0.15, 0.2) is 35.7 Å².